The van der Waals surface area contributed by atoms with E-state index in [4.69, 9.17) is 12.3 Å². The van der Waals surface area contributed by atoms with Crippen molar-refractivity contribution in [1.82, 2.24) is 15.1 Å². The highest BCUT2D eigenvalue weighted by atomic mass is 15.2. The average Bonchev–Trinajstić information content (AvgIpc) is 2.95. The van der Waals surface area contributed by atoms with Gasteiger partial charge in [-0.3, -0.25) is 5.10 Å². The molecule has 120 valence electrons. The van der Waals surface area contributed by atoms with Crippen LogP contribution in [-0.4, -0.2) is 21.6 Å². The van der Waals surface area contributed by atoms with Crippen molar-refractivity contribution >= 4 is 16.7 Å². The minimum absolute atomic E-state index is 0.367. The lowest BCUT2D eigenvalue weighted by atomic mass is 9.83. The summed E-state index contributed by atoms with van der Waals surface area (Å²) < 4.78 is 0. The summed E-state index contributed by atoms with van der Waals surface area (Å²) in [7, 11) is 0. The van der Waals surface area contributed by atoms with Crippen LogP contribution < -0.4 is 5.73 Å². The molecule has 1 aliphatic heterocycles. The normalized spacial score (nSPS) is 18.0. The summed E-state index contributed by atoms with van der Waals surface area (Å²) in [6.07, 6.45) is 0. The zero-order valence-corrected chi connectivity index (χ0v) is 13.9. The van der Waals surface area contributed by atoms with E-state index in [0.29, 0.717) is 17.1 Å². The van der Waals surface area contributed by atoms with E-state index in [-0.39, 0.29) is 5.92 Å². The molecule has 1 aliphatic rings. The molecule has 0 bridgehead atoms. The molecule has 0 aliphatic carbocycles. The van der Waals surface area contributed by atoms with Crippen molar-refractivity contribution < 1.29 is 0 Å². The highest BCUT2D eigenvalue weighted by molar-refractivity contribution is 5.89. The van der Waals surface area contributed by atoms with Crippen molar-refractivity contribution in [2.24, 2.45) is 0 Å². The fourth-order valence-electron chi connectivity index (χ4n) is 3.41. The number of nitrogens with zero attached hydrogens (tertiary/aromatic N) is 4. The highest BCUT2D eigenvalue weighted by Crippen LogP contribution is 2.42. The number of nitrogen functional groups attached to an aromatic ring is 1. The van der Waals surface area contributed by atoms with Gasteiger partial charge in [-0.05, 0) is 38.5 Å². The Balaban J connectivity index is 2.26. The summed E-state index contributed by atoms with van der Waals surface area (Å²) in [5.41, 5.74) is 10.6. The van der Waals surface area contributed by atoms with Crippen molar-refractivity contribution in [3.63, 3.8) is 0 Å². The molecular formula is C18H18N6. The number of rotatable bonds is 2. The van der Waals surface area contributed by atoms with E-state index >= 15 is 0 Å². The number of hydrogen-bond donors (Lipinski definition) is 2. The molecule has 3 rings (SSSR count). The Morgan fingerprint density at radius 3 is 2.79 bits per heavy atom. The molecule has 0 amide bonds. The quantitative estimate of drug-likeness (QED) is 0.830. The summed E-state index contributed by atoms with van der Waals surface area (Å²) in [6.45, 7) is 14.3. The van der Waals surface area contributed by atoms with E-state index in [1.165, 1.54) is 0 Å². The number of H-pyrrole nitrogens is 1. The minimum Gasteiger partial charge on any atom is -0.382 e. The van der Waals surface area contributed by atoms with E-state index < -0.39 is 0 Å². The topological polar surface area (TPSA) is 86.1 Å². The minimum atomic E-state index is -0.367. The predicted octanol–water partition coefficient (Wildman–Crippen LogP) is 3.51. The van der Waals surface area contributed by atoms with Crippen molar-refractivity contribution in [3.8, 4) is 6.07 Å². The third kappa shape index (κ3) is 2.12. The van der Waals surface area contributed by atoms with Crippen LogP contribution >= 0.6 is 0 Å². The average molecular weight is 318 g/mol. The lowest BCUT2D eigenvalue weighted by Crippen LogP contribution is -2.28. The number of hydrogen-bond acceptors (Lipinski definition) is 4. The van der Waals surface area contributed by atoms with Crippen LogP contribution in [0.4, 0.5) is 5.82 Å². The van der Waals surface area contributed by atoms with Gasteiger partial charge in [0.15, 0.2) is 11.5 Å². The van der Waals surface area contributed by atoms with Gasteiger partial charge in [-0.25, -0.2) is 4.85 Å². The summed E-state index contributed by atoms with van der Waals surface area (Å²) in [4.78, 5) is 5.78. The third-order valence-electron chi connectivity index (χ3n) is 4.64. The van der Waals surface area contributed by atoms with Gasteiger partial charge in [0, 0.05) is 23.3 Å². The van der Waals surface area contributed by atoms with E-state index in [1.54, 1.807) is 0 Å². The highest BCUT2D eigenvalue weighted by Gasteiger charge is 2.33. The first-order valence-electron chi connectivity index (χ1n) is 7.73. The van der Waals surface area contributed by atoms with E-state index in [1.807, 2.05) is 43.9 Å². The van der Waals surface area contributed by atoms with Crippen molar-refractivity contribution in [1.29, 1.82) is 5.26 Å². The summed E-state index contributed by atoms with van der Waals surface area (Å²) in [5.74, 6) is 0.0520. The van der Waals surface area contributed by atoms with Crippen LogP contribution in [0.1, 0.15) is 32.3 Å². The first-order chi connectivity index (χ1) is 11.5. The lowest BCUT2D eigenvalue weighted by Gasteiger charge is -2.34. The van der Waals surface area contributed by atoms with Crippen LogP contribution in [0, 0.1) is 17.9 Å². The molecule has 6 heteroatoms. The SMILES string of the molecule is [C-]#[N+]C1=C(C)N(CC)C(C)=C(C#N)C1c1ccc2[nH]nc(N)c2c1. The lowest BCUT2D eigenvalue weighted by molar-refractivity contribution is 0.427. The predicted molar refractivity (Wildman–Crippen MR) is 93.2 cm³/mol. The molecule has 1 aromatic carbocycles. The molecule has 0 spiro atoms. The number of aromatic amines is 1. The standard InChI is InChI=1S/C18H18N6/c1-5-24-10(2)14(9-19)16(17(21-4)11(24)3)12-6-7-15-13(8-12)18(20)23-22-15/h6-8,16H,5H2,1-3H3,(H3,20,22,23). The summed E-state index contributed by atoms with van der Waals surface area (Å²) in [5, 5.41) is 17.4. The van der Waals surface area contributed by atoms with Gasteiger partial charge in [-0.15, -0.1) is 0 Å². The number of anilines is 1. The number of nitrogens with one attached hydrogen (secondary N) is 1. The van der Waals surface area contributed by atoms with Gasteiger partial charge in [0.25, 0.3) is 0 Å². The van der Waals surface area contributed by atoms with Crippen LogP contribution in [0.15, 0.2) is 40.9 Å². The summed E-state index contributed by atoms with van der Waals surface area (Å²) in [6, 6.07) is 8.05. The fourth-order valence-corrected chi connectivity index (χ4v) is 3.41. The molecule has 2 heterocycles. The molecule has 2 aromatic rings. The molecule has 1 aromatic heterocycles. The maximum atomic E-state index is 9.73. The van der Waals surface area contributed by atoms with E-state index in [2.05, 4.69) is 21.1 Å². The van der Waals surface area contributed by atoms with Gasteiger partial charge in [0.2, 0.25) is 0 Å². The van der Waals surface area contributed by atoms with Gasteiger partial charge in [0.05, 0.1) is 29.6 Å². The van der Waals surface area contributed by atoms with Crippen molar-refractivity contribution in [2.45, 2.75) is 26.7 Å². The maximum Gasteiger partial charge on any atom is 0.196 e. The second-order valence-electron chi connectivity index (χ2n) is 5.78. The second kappa shape index (κ2) is 5.75. The van der Waals surface area contributed by atoms with Gasteiger partial charge in [0.1, 0.15) is 0 Å². The monoisotopic (exact) mass is 318 g/mol. The fraction of sp³-hybridized carbons (Fsp3) is 0.278. The number of aromatic nitrogens is 2. The second-order valence-corrected chi connectivity index (χ2v) is 5.78. The van der Waals surface area contributed by atoms with Crippen LogP contribution in [0.3, 0.4) is 0 Å². The first-order valence-corrected chi connectivity index (χ1v) is 7.73. The van der Waals surface area contributed by atoms with Gasteiger partial charge in [-0.1, -0.05) is 6.07 Å². The Labute approximate surface area is 140 Å². The van der Waals surface area contributed by atoms with Crippen LogP contribution in [0.25, 0.3) is 15.7 Å². The molecular weight excluding hydrogens is 300 g/mol. The van der Waals surface area contributed by atoms with E-state index in [9.17, 15) is 5.26 Å². The third-order valence-corrected chi connectivity index (χ3v) is 4.64. The number of allylic oxidation sites excluding steroid dienone is 3. The van der Waals surface area contributed by atoms with Crippen LogP contribution in [0.5, 0.6) is 0 Å². The molecule has 0 saturated carbocycles. The van der Waals surface area contributed by atoms with Crippen molar-refractivity contribution in [2.75, 3.05) is 12.3 Å². The number of nitriles is 1. The molecule has 24 heavy (non-hydrogen) atoms. The maximum absolute atomic E-state index is 9.73. The van der Waals surface area contributed by atoms with Crippen molar-refractivity contribution in [3.05, 3.63) is 57.8 Å². The molecule has 1 atom stereocenters. The first kappa shape index (κ1) is 15.6. The molecule has 0 radical (unpaired) electrons. The Morgan fingerprint density at radius 1 is 1.42 bits per heavy atom. The van der Waals surface area contributed by atoms with Crippen LogP contribution in [-0.2, 0) is 0 Å². The number of fused-ring (bicyclic) bond motifs is 1. The van der Waals surface area contributed by atoms with Crippen LogP contribution in [0.2, 0.25) is 0 Å². The largest absolute Gasteiger partial charge is 0.382 e. The Bertz CT molecular complexity index is 926. The van der Waals surface area contributed by atoms with E-state index in [0.717, 1.165) is 34.4 Å². The molecule has 0 saturated heterocycles. The molecule has 6 nitrogen and oxygen atoms in total. The Morgan fingerprint density at radius 2 is 2.17 bits per heavy atom. The van der Waals surface area contributed by atoms with Gasteiger partial charge < -0.3 is 10.6 Å². The molecule has 3 N–H and O–H groups in total. The molecule has 1 unspecified atom stereocenters. The number of benzene rings is 1. The zero-order chi connectivity index (χ0) is 17.4. The zero-order valence-electron chi connectivity index (χ0n) is 13.9. The number of nitrogens with two attached hydrogens (primary N) is 1. The smallest absolute Gasteiger partial charge is 0.196 e. The Hall–Kier alpha value is -3.25. The Kier molecular flexibility index (Phi) is 3.75. The summed E-state index contributed by atoms with van der Waals surface area (Å²) >= 11 is 0. The molecule has 0 fully saturated rings. The van der Waals surface area contributed by atoms with Gasteiger partial charge >= 0.3 is 0 Å². The van der Waals surface area contributed by atoms with Gasteiger partial charge in [-0.2, -0.15) is 10.4 Å².